The molecule has 0 N–H and O–H groups in total. The molecule has 198 valence electrons. The molecule has 0 atom stereocenters. The number of thioether (sulfide) groups is 2. The molecule has 5 rings (SSSR count). The summed E-state index contributed by atoms with van der Waals surface area (Å²) in [5.74, 6) is -0.751. The zero-order valence-corrected chi connectivity index (χ0v) is 23.6. The summed E-state index contributed by atoms with van der Waals surface area (Å²) in [4.78, 5) is 34.5. The lowest BCUT2D eigenvalue weighted by Crippen LogP contribution is -2.36. The highest BCUT2D eigenvalue weighted by molar-refractivity contribution is 8.04. The van der Waals surface area contributed by atoms with Crippen LogP contribution in [0.3, 0.4) is 0 Å². The van der Waals surface area contributed by atoms with Gasteiger partial charge in [-0.25, -0.2) is 0 Å². The Balaban J connectivity index is 1.42. The average Bonchev–Trinajstić information content (AvgIpc) is 3.47. The molecule has 2 heterocycles. The molecule has 3 aromatic rings. The number of rotatable bonds is 8. The van der Waals surface area contributed by atoms with E-state index in [1.165, 1.54) is 23.5 Å². The lowest BCUT2D eigenvalue weighted by atomic mass is 10.1. The van der Waals surface area contributed by atoms with E-state index in [-0.39, 0.29) is 35.8 Å². The summed E-state index contributed by atoms with van der Waals surface area (Å²) in [5, 5.41) is 21.2. The van der Waals surface area contributed by atoms with E-state index in [4.69, 9.17) is 0 Å². The van der Waals surface area contributed by atoms with E-state index < -0.39 is 0 Å². The molecule has 40 heavy (non-hydrogen) atoms. The molecule has 0 aliphatic carbocycles. The lowest BCUT2D eigenvalue weighted by molar-refractivity contribution is -0.119. The third-order valence-electron chi connectivity index (χ3n) is 6.67. The number of anilines is 2. The van der Waals surface area contributed by atoms with Crippen LogP contribution in [0.4, 0.5) is 11.4 Å². The van der Waals surface area contributed by atoms with Gasteiger partial charge in [-0.05, 0) is 29.8 Å². The maximum atomic E-state index is 13.6. The van der Waals surface area contributed by atoms with Crippen molar-refractivity contribution in [3.63, 3.8) is 0 Å². The predicted octanol–water partition coefficient (Wildman–Crippen LogP) is 5.58. The average molecular weight is 564 g/mol. The normalized spacial score (nSPS) is 16.2. The van der Waals surface area contributed by atoms with Crippen molar-refractivity contribution in [3.05, 3.63) is 106 Å². The molecule has 0 spiro atoms. The third-order valence-corrected chi connectivity index (χ3v) is 9.14. The second-order valence-corrected chi connectivity index (χ2v) is 11.4. The molecule has 0 radical (unpaired) electrons. The van der Waals surface area contributed by atoms with Crippen LogP contribution in [-0.4, -0.2) is 43.7 Å². The number of hydrogen-bond acceptors (Lipinski definition) is 9. The predicted molar refractivity (Wildman–Crippen MR) is 158 cm³/mol. The third kappa shape index (κ3) is 5.41. The van der Waals surface area contributed by atoms with Gasteiger partial charge in [0.15, 0.2) is 11.6 Å². The van der Waals surface area contributed by atoms with Gasteiger partial charge in [0.1, 0.15) is 33.3 Å². The minimum absolute atomic E-state index is 0.0506. The first-order chi connectivity index (χ1) is 19.4. The maximum absolute atomic E-state index is 13.6. The molecule has 0 bridgehead atoms. The highest BCUT2D eigenvalue weighted by Gasteiger charge is 2.31. The second kappa shape index (κ2) is 11.8. The van der Waals surface area contributed by atoms with E-state index in [0.717, 1.165) is 26.7 Å². The number of benzene rings is 3. The highest BCUT2D eigenvalue weighted by Crippen LogP contribution is 2.47. The molecule has 0 saturated carbocycles. The Morgan fingerprint density at radius 3 is 1.55 bits per heavy atom. The topological polar surface area (TPSA) is 91.4 Å². The highest BCUT2D eigenvalue weighted by atomic mass is 32.2. The number of fused-ring (bicyclic) bond motifs is 2. The largest absolute Gasteiger partial charge is 0.337 e. The van der Waals surface area contributed by atoms with Crippen molar-refractivity contribution >= 4 is 46.5 Å². The first-order valence-electron chi connectivity index (χ1n) is 12.5. The van der Waals surface area contributed by atoms with Crippen LogP contribution < -0.4 is 9.80 Å². The van der Waals surface area contributed by atoms with Gasteiger partial charge in [-0.2, -0.15) is 10.5 Å². The summed E-state index contributed by atoms with van der Waals surface area (Å²) in [7, 11) is 3.67. The molecule has 0 amide bonds. The van der Waals surface area contributed by atoms with Gasteiger partial charge >= 0.3 is 0 Å². The molecule has 9 heteroatoms. The minimum Gasteiger partial charge on any atom is -0.337 e. The minimum atomic E-state index is -0.376. The number of hydrogen-bond donors (Lipinski definition) is 0. The zero-order valence-electron chi connectivity index (χ0n) is 22.0. The van der Waals surface area contributed by atoms with E-state index >= 15 is 0 Å². The van der Waals surface area contributed by atoms with Crippen LogP contribution in [0.15, 0.2) is 110 Å². The molecule has 3 aromatic carbocycles. The number of carbonyl (C=O) groups excluding carboxylic acids is 2. The van der Waals surface area contributed by atoms with Crippen LogP contribution >= 0.6 is 23.5 Å². The maximum Gasteiger partial charge on any atom is 0.190 e. The molecule has 0 saturated heterocycles. The fourth-order valence-corrected chi connectivity index (χ4v) is 7.00. The van der Waals surface area contributed by atoms with Gasteiger partial charge < -0.3 is 9.80 Å². The van der Waals surface area contributed by atoms with Gasteiger partial charge in [0.25, 0.3) is 0 Å². The van der Waals surface area contributed by atoms with E-state index in [0.29, 0.717) is 16.6 Å². The number of para-hydroxylation sites is 2. The van der Waals surface area contributed by atoms with Gasteiger partial charge in [-0.1, -0.05) is 78.1 Å². The first kappa shape index (κ1) is 27.3. The fourth-order valence-electron chi connectivity index (χ4n) is 4.68. The summed E-state index contributed by atoms with van der Waals surface area (Å²) in [5.41, 5.74) is 2.89. The second-order valence-electron chi connectivity index (χ2n) is 9.32. The van der Waals surface area contributed by atoms with Crippen LogP contribution in [0.2, 0.25) is 0 Å². The van der Waals surface area contributed by atoms with E-state index in [9.17, 15) is 20.1 Å². The standard InChI is InChI=1S/C31H25N5O2S2/c1-34-24-12-6-8-14-28(24)39-30(34)22(16-32)26(37)19-36(18-21-10-4-3-5-11-21)20-27(38)23(17-33)31-35(2)25-13-7-9-15-29(25)40-31/h3-15H,18-20H2,1-2H3/b30-22-,31-23+. The van der Waals surface area contributed by atoms with Gasteiger partial charge in [0, 0.05) is 30.4 Å². The Labute approximate surface area is 242 Å². The summed E-state index contributed by atoms with van der Waals surface area (Å²) in [6.07, 6.45) is 0. The summed E-state index contributed by atoms with van der Waals surface area (Å²) < 4.78 is 0. The monoisotopic (exact) mass is 563 g/mol. The molecule has 7 nitrogen and oxygen atoms in total. The number of Topliss-reactive ketones (excluding diaryl/α,β-unsaturated/α-hetero) is 2. The lowest BCUT2D eigenvalue weighted by Gasteiger charge is -2.22. The van der Waals surface area contributed by atoms with Crippen molar-refractivity contribution in [1.82, 2.24) is 4.90 Å². The Kier molecular flexibility index (Phi) is 8.09. The number of ketones is 2. The van der Waals surface area contributed by atoms with Crippen LogP contribution in [0.1, 0.15) is 5.56 Å². The zero-order chi connectivity index (χ0) is 28.2. The molecule has 0 aromatic heterocycles. The molecular formula is C31H25N5O2S2. The van der Waals surface area contributed by atoms with E-state index in [2.05, 4.69) is 12.1 Å². The Hall–Kier alpha value is -4.28. The van der Waals surface area contributed by atoms with Gasteiger partial charge in [0.05, 0.1) is 24.5 Å². The van der Waals surface area contributed by atoms with Gasteiger partial charge in [-0.3, -0.25) is 14.5 Å². The van der Waals surface area contributed by atoms with Crippen molar-refractivity contribution in [2.24, 2.45) is 0 Å². The Morgan fingerprint density at radius 2 is 1.12 bits per heavy atom. The van der Waals surface area contributed by atoms with Crippen molar-refractivity contribution in [2.45, 2.75) is 16.3 Å². The molecule has 2 aliphatic rings. The SMILES string of the molecule is CN1/C(=C(\C#N)C(=O)CN(CC(=O)/C(C#N)=C2/Sc3ccccc3N2C)Cc2ccccc2)Sc2ccccc21. The van der Waals surface area contributed by atoms with Gasteiger partial charge in [-0.15, -0.1) is 0 Å². The van der Waals surface area contributed by atoms with Gasteiger partial charge in [0.2, 0.25) is 0 Å². The van der Waals surface area contributed by atoms with Crippen LogP contribution in [-0.2, 0) is 16.1 Å². The number of carbonyl (C=O) groups is 2. The van der Waals surface area contributed by atoms with Crippen LogP contribution in [0, 0.1) is 22.7 Å². The first-order valence-corrected chi connectivity index (χ1v) is 14.2. The summed E-state index contributed by atoms with van der Waals surface area (Å²) in [6.45, 7) is 0.0247. The molecule has 0 unspecified atom stereocenters. The fraction of sp³-hybridized carbons (Fsp3) is 0.161. The number of nitrogens with zero attached hydrogens (tertiary/aromatic N) is 5. The molecular weight excluding hydrogens is 539 g/mol. The quantitative estimate of drug-likeness (QED) is 0.257. The molecule has 2 aliphatic heterocycles. The van der Waals surface area contributed by atoms with Crippen molar-refractivity contribution in [1.29, 1.82) is 10.5 Å². The Bertz CT molecular complexity index is 1530. The van der Waals surface area contributed by atoms with E-state index in [1.54, 1.807) is 4.90 Å². The summed E-state index contributed by atoms with van der Waals surface area (Å²) >= 11 is 2.78. The summed E-state index contributed by atoms with van der Waals surface area (Å²) in [6, 6.07) is 29.2. The van der Waals surface area contributed by atoms with Crippen molar-refractivity contribution in [3.8, 4) is 12.1 Å². The van der Waals surface area contributed by atoms with Crippen LogP contribution in [0.25, 0.3) is 0 Å². The smallest absolute Gasteiger partial charge is 0.190 e. The number of nitriles is 2. The molecule has 0 fully saturated rings. The van der Waals surface area contributed by atoms with Crippen molar-refractivity contribution < 1.29 is 9.59 Å². The van der Waals surface area contributed by atoms with Crippen molar-refractivity contribution in [2.75, 3.05) is 37.0 Å². The Morgan fingerprint density at radius 1 is 0.700 bits per heavy atom. The van der Waals surface area contributed by atoms with Crippen LogP contribution in [0.5, 0.6) is 0 Å². The van der Waals surface area contributed by atoms with E-state index in [1.807, 2.05) is 103 Å².